The maximum Gasteiger partial charge on any atom is 0.0370 e. The average Bonchev–Trinajstić information content (AvgIpc) is 2.39. The Morgan fingerprint density at radius 3 is 2.42 bits per heavy atom. The van der Waals surface area contributed by atoms with Gasteiger partial charge in [-0.2, -0.15) is 0 Å². The molecule has 3 heteroatoms. The minimum absolute atomic E-state index is 0.537. The van der Waals surface area contributed by atoms with Crippen molar-refractivity contribution in [1.82, 2.24) is 10.2 Å². The summed E-state index contributed by atoms with van der Waals surface area (Å²) < 4.78 is 1.18. The van der Waals surface area contributed by atoms with E-state index in [1.807, 2.05) is 0 Å². The van der Waals surface area contributed by atoms with Gasteiger partial charge >= 0.3 is 0 Å². The lowest BCUT2D eigenvalue weighted by molar-refractivity contribution is 0.159. The van der Waals surface area contributed by atoms with Crippen LogP contribution >= 0.6 is 15.9 Å². The fraction of sp³-hybridized carbons (Fsp3) is 0.625. The third-order valence-corrected chi connectivity index (χ3v) is 4.87. The molecular formula is C16H25BrN2. The van der Waals surface area contributed by atoms with Crippen LogP contribution in [0.1, 0.15) is 37.3 Å². The van der Waals surface area contributed by atoms with Crippen molar-refractivity contribution in [1.29, 1.82) is 0 Å². The quantitative estimate of drug-likeness (QED) is 0.905. The lowest BCUT2D eigenvalue weighted by Gasteiger charge is -2.37. The highest BCUT2D eigenvalue weighted by Crippen LogP contribution is 2.37. The van der Waals surface area contributed by atoms with E-state index in [2.05, 4.69) is 71.6 Å². The van der Waals surface area contributed by atoms with Gasteiger partial charge in [0.2, 0.25) is 0 Å². The van der Waals surface area contributed by atoms with Gasteiger partial charge in [-0.3, -0.25) is 0 Å². The van der Waals surface area contributed by atoms with Crippen molar-refractivity contribution >= 4 is 15.9 Å². The average molecular weight is 325 g/mol. The molecule has 1 fully saturated rings. The van der Waals surface area contributed by atoms with Crippen molar-refractivity contribution < 1.29 is 0 Å². The third kappa shape index (κ3) is 3.80. The van der Waals surface area contributed by atoms with Gasteiger partial charge in [0.1, 0.15) is 0 Å². The summed E-state index contributed by atoms with van der Waals surface area (Å²) >= 11 is 3.60. The van der Waals surface area contributed by atoms with Crippen LogP contribution in [-0.2, 0) is 0 Å². The molecule has 1 atom stereocenters. The van der Waals surface area contributed by atoms with Crippen molar-refractivity contribution in [3.05, 3.63) is 34.3 Å². The molecule has 0 amide bonds. The Kier molecular flexibility index (Phi) is 5.43. The van der Waals surface area contributed by atoms with Crippen LogP contribution in [0.4, 0.5) is 0 Å². The Bertz CT molecular complexity index is 397. The van der Waals surface area contributed by atoms with Gasteiger partial charge in [0, 0.05) is 16.6 Å². The summed E-state index contributed by atoms with van der Waals surface area (Å²) in [5.41, 5.74) is 1.44. The Balaban J connectivity index is 2.13. The van der Waals surface area contributed by atoms with Crippen LogP contribution < -0.4 is 5.32 Å². The van der Waals surface area contributed by atoms with E-state index < -0.39 is 0 Å². The summed E-state index contributed by atoms with van der Waals surface area (Å²) in [4.78, 5) is 2.38. The first-order chi connectivity index (χ1) is 9.11. The molecule has 2 nitrogen and oxygen atoms in total. The summed E-state index contributed by atoms with van der Waals surface area (Å²) in [6.45, 7) is 0. The molecule has 1 aliphatic rings. The normalized spacial score (nSPS) is 25.5. The predicted octanol–water partition coefficient (Wildman–Crippen LogP) is 3.83. The van der Waals surface area contributed by atoms with Crippen LogP contribution in [-0.4, -0.2) is 32.1 Å². The van der Waals surface area contributed by atoms with Crippen LogP contribution in [0.15, 0.2) is 28.7 Å². The van der Waals surface area contributed by atoms with E-state index in [-0.39, 0.29) is 0 Å². The molecule has 0 bridgehead atoms. The Morgan fingerprint density at radius 1 is 1.21 bits per heavy atom. The van der Waals surface area contributed by atoms with E-state index in [0.29, 0.717) is 6.04 Å². The molecule has 1 aromatic carbocycles. The van der Waals surface area contributed by atoms with Crippen molar-refractivity contribution in [2.75, 3.05) is 21.1 Å². The van der Waals surface area contributed by atoms with Crippen LogP contribution in [0.25, 0.3) is 0 Å². The van der Waals surface area contributed by atoms with E-state index in [1.165, 1.54) is 35.7 Å². The summed E-state index contributed by atoms with van der Waals surface area (Å²) in [7, 11) is 6.49. The van der Waals surface area contributed by atoms with Gasteiger partial charge < -0.3 is 10.2 Å². The third-order valence-electron chi connectivity index (χ3n) is 4.37. The monoisotopic (exact) mass is 324 g/mol. The molecule has 1 N–H and O–H groups in total. The maximum atomic E-state index is 3.60. The van der Waals surface area contributed by atoms with Crippen molar-refractivity contribution in [2.24, 2.45) is 5.92 Å². The van der Waals surface area contributed by atoms with Crippen molar-refractivity contribution in [2.45, 2.75) is 37.8 Å². The van der Waals surface area contributed by atoms with Gasteiger partial charge in [-0.1, -0.05) is 28.1 Å². The Morgan fingerprint density at radius 2 is 1.89 bits per heavy atom. The SMILES string of the molecule is CNC1CCC(C(c2cccc(Br)c2)N(C)C)CC1. The van der Waals surface area contributed by atoms with Crippen molar-refractivity contribution in [3.8, 4) is 0 Å². The number of rotatable bonds is 4. The molecular weight excluding hydrogens is 300 g/mol. The second kappa shape index (κ2) is 6.87. The molecule has 0 aliphatic heterocycles. The predicted molar refractivity (Wildman–Crippen MR) is 85.4 cm³/mol. The van der Waals surface area contributed by atoms with E-state index in [1.54, 1.807) is 0 Å². The largest absolute Gasteiger partial charge is 0.317 e. The van der Waals surface area contributed by atoms with Gasteiger partial charge in [-0.15, -0.1) is 0 Å². The van der Waals surface area contributed by atoms with Gasteiger partial charge in [0.05, 0.1) is 0 Å². The number of nitrogens with zero attached hydrogens (tertiary/aromatic N) is 1. The van der Waals surface area contributed by atoms with E-state index in [4.69, 9.17) is 0 Å². The van der Waals surface area contributed by atoms with Crippen LogP contribution in [0, 0.1) is 5.92 Å². The van der Waals surface area contributed by atoms with E-state index >= 15 is 0 Å². The zero-order chi connectivity index (χ0) is 13.8. The molecule has 1 unspecified atom stereocenters. The Hall–Kier alpha value is -0.380. The molecule has 19 heavy (non-hydrogen) atoms. The number of hydrogen-bond donors (Lipinski definition) is 1. The highest BCUT2D eigenvalue weighted by atomic mass is 79.9. The Labute approximate surface area is 125 Å². The number of halogens is 1. The summed E-state index contributed by atoms with van der Waals surface area (Å²) in [6, 6.07) is 10.1. The summed E-state index contributed by atoms with van der Waals surface area (Å²) in [5.74, 6) is 0.772. The number of hydrogen-bond acceptors (Lipinski definition) is 2. The first-order valence-electron chi connectivity index (χ1n) is 7.21. The first kappa shape index (κ1) is 15.0. The lowest BCUT2D eigenvalue weighted by atomic mass is 9.79. The highest BCUT2D eigenvalue weighted by Gasteiger charge is 2.29. The van der Waals surface area contributed by atoms with E-state index in [0.717, 1.165) is 12.0 Å². The topological polar surface area (TPSA) is 15.3 Å². The molecule has 106 valence electrons. The minimum atomic E-state index is 0.537. The lowest BCUT2D eigenvalue weighted by Crippen LogP contribution is -2.35. The molecule has 0 saturated heterocycles. The minimum Gasteiger partial charge on any atom is -0.317 e. The standard InChI is InChI=1S/C16H25BrN2/c1-18-15-9-7-12(8-10-15)16(19(2)3)13-5-4-6-14(17)11-13/h4-6,11-12,15-16,18H,7-10H2,1-3H3. The number of benzene rings is 1. The second-order valence-corrected chi connectivity index (χ2v) is 6.78. The highest BCUT2D eigenvalue weighted by molar-refractivity contribution is 9.10. The van der Waals surface area contributed by atoms with Crippen molar-refractivity contribution in [3.63, 3.8) is 0 Å². The fourth-order valence-electron chi connectivity index (χ4n) is 3.41. The summed E-state index contributed by atoms with van der Waals surface area (Å²) in [6.07, 6.45) is 5.25. The summed E-state index contributed by atoms with van der Waals surface area (Å²) in [5, 5.41) is 3.42. The zero-order valence-corrected chi connectivity index (χ0v) is 13.8. The number of nitrogens with one attached hydrogen (secondary N) is 1. The molecule has 0 spiro atoms. The zero-order valence-electron chi connectivity index (χ0n) is 12.2. The fourth-order valence-corrected chi connectivity index (χ4v) is 3.82. The molecule has 1 aliphatic carbocycles. The van der Waals surface area contributed by atoms with Gasteiger partial charge in [-0.05, 0) is 70.4 Å². The molecule has 0 radical (unpaired) electrons. The van der Waals surface area contributed by atoms with Gasteiger partial charge in [-0.25, -0.2) is 0 Å². The molecule has 0 aromatic heterocycles. The van der Waals surface area contributed by atoms with Crippen LogP contribution in [0.5, 0.6) is 0 Å². The maximum absolute atomic E-state index is 3.60. The molecule has 0 heterocycles. The van der Waals surface area contributed by atoms with Crippen LogP contribution in [0.2, 0.25) is 0 Å². The molecule has 2 rings (SSSR count). The molecule has 1 saturated carbocycles. The van der Waals surface area contributed by atoms with E-state index in [9.17, 15) is 0 Å². The smallest absolute Gasteiger partial charge is 0.0370 e. The van der Waals surface area contributed by atoms with Crippen LogP contribution in [0.3, 0.4) is 0 Å². The van der Waals surface area contributed by atoms with Gasteiger partial charge in [0.15, 0.2) is 0 Å². The van der Waals surface area contributed by atoms with Gasteiger partial charge in [0.25, 0.3) is 0 Å². The molecule has 1 aromatic rings. The second-order valence-electron chi connectivity index (χ2n) is 5.86. The first-order valence-corrected chi connectivity index (χ1v) is 8.00.